The molecule has 1 nitrogen and oxygen atoms in total. The highest BCUT2D eigenvalue weighted by molar-refractivity contribution is 5.70. The summed E-state index contributed by atoms with van der Waals surface area (Å²) in [6.07, 6.45) is 11.3. The highest BCUT2D eigenvalue weighted by Crippen LogP contribution is 2.32. The Kier molecular flexibility index (Phi) is 4.40. The second kappa shape index (κ2) is 6.24. The summed E-state index contributed by atoms with van der Waals surface area (Å²) >= 11 is 0. The van der Waals surface area contributed by atoms with Crippen LogP contribution >= 0.6 is 0 Å². The van der Waals surface area contributed by atoms with E-state index in [0.717, 1.165) is 12.1 Å². The second-order valence-corrected chi connectivity index (χ2v) is 4.93. The zero-order valence-corrected chi connectivity index (χ0v) is 11.6. The predicted octanol–water partition coefficient (Wildman–Crippen LogP) is 4.45. The first-order valence-corrected chi connectivity index (χ1v) is 6.77. The quantitative estimate of drug-likeness (QED) is 0.789. The first-order valence-electron chi connectivity index (χ1n) is 6.77. The summed E-state index contributed by atoms with van der Waals surface area (Å²) in [6.45, 7) is 4.23. The van der Waals surface area contributed by atoms with Crippen LogP contribution in [0.25, 0.3) is 5.57 Å². The summed E-state index contributed by atoms with van der Waals surface area (Å²) < 4.78 is 0. The van der Waals surface area contributed by atoms with Crippen molar-refractivity contribution in [2.45, 2.75) is 20.3 Å². The van der Waals surface area contributed by atoms with Crippen LogP contribution < -0.4 is 5.73 Å². The number of hydrogen-bond donors (Lipinski definition) is 1. The van der Waals surface area contributed by atoms with Gasteiger partial charge in [-0.25, -0.2) is 0 Å². The molecule has 0 aliphatic heterocycles. The number of nitrogens with two attached hydrogens (primary N) is 1. The molecule has 0 fully saturated rings. The number of hydrogen-bond acceptors (Lipinski definition) is 1. The molecular weight excluding hydrogens is 230 g/mol. The monoisotopic (exact) mass is 251 g/mol. The van der Waals surface area contributed by atoms with Crippen LogP contribution in [-0.4, -0.2) is 0 Å². The third kappa shape index (κ3) is 3.25. The summed E-state index contributed by atoms with van der Waals surface area (Å²) in [6, 6.07) is 10.5. The number of rotatable bonds is 3. The zero-order valence-electron chi connectivity index (χ0n) is 11.6. The third-order valence-corrected chi connectivity index (χ3v) is 3.47. The number of allylic oxidation sites excluding steroid dienone is 7. The van der Waals surface area contributed by atoms with Gasteiger partial charge in [-0.1, -0.05) is 61.6 Å². The first kappa shape index (κ1) is 13.4. The molecule has 0 saturated heterocycles. The van der Waals surface area contributed by atoms with Crippen molar-refractivity contribution in [3.05, 3.63) is 77.5 Å². The lowest BCUT2D eigenvalue weighted by atomic mass is 9.84. The van der Waals surface area contributed by atoms with Crippen molar-refractivity contribution in [1.29, 1.82) is 0 Å². The van der Waals surface area contributed by atoms with Crippen LogP contribution in [0.4, 0.5) is 0 Å². The summed E-state index contributed by atoms with van der Waals surface area (Å²) in [5.74, 6) is 0.460. The Bertz CT molecular complexity index is 544. The van der Waals surface area contributed by atoms with Gasteiger partial charge in [0.25, 0.3) is 0 Å². The largest absolute Gasteiger partial charge is 0.398 e. The average Bonchev–Trinajstić information content (AvgIpc) is 2.45. The molecule has 1 aliphatic carbocycles. The van der Waals surface area contributed by atoms with Gasteiger partial charge in [-0.15, -0.1) is 0 Å². The fraction of sp³-hybridized carbons (Fsp3) is 0.222. The van der Waals surface area contributed by atoms with Crippen molar-refractivity contribution in [3.63, 3.8) is 0 Å². The minimum absolute atomic E-state index is 0.460. The maximum absolute atomic E-state index is 6.12. The normalized spacial score (nSPS) is 20.3. The van der Waals surface area contributed by atoms with Crippen molar-refractivity contribution in [3.8, 4) is 0 Å². The van der Waals surface area contributed by atoms with E-state index >= 15 is 0 Å². The summed E-state index contributed by atoms with van der Waals surface area (Å²) in [5.41, 5.74) is 10.9. The van der Waals surface area contributed by atoms with E-state index < -0.39 is 0 Å². The van der Waals surface area contributed by atoms with Gasteiger partial charge in [0, 0.05) is 5.70 Å². The standard InChI is InChI=1S/C18H21N/c1-3-4-10-18(19)17-12-11-16(13-14(17)2)15-8-6-5-7-9-15/h3-12,14H,13,19H2,1-2H3/b4-3-,18-10-. The van der Waals surface area contributed by atoms with Crippen LogP contribution in [0.5, 0.6) is 0 Å². The van der Waals surface area contributed by atoms with Crippen molar-refractivity contribution >= 4 is 5.57 Å². The van der Waals surface area contributed by atoms with Gasteiger partial charge in [0.2, 0.25) is 0 Å². The van der Waals surface area contributed by atoms with Gasteiger partial charge in [0.15, 0.2) is 0 Å². The van der Waals surface area contributed by atoms with Gasteiger partial charge in [-0.3, -0.25) is 0 Å². The van der Waals surface area contributed by atoms with E-state index in [-0.39, 0.29) is 0 Å². The molecule has 1 aromatic rings. The van der Waals surface area contributed by atoms with E-state index in [1.165, 1.54) is 16.7 Å². The van der Waals surface area contributed by atoms with Crippen LogP contribution in [-0.2, 0) is 0 Å². The fourth-order valence-electron chi connectivity index (χ4n) is 2.41. The fourth-order valence-corrected chi connectivity index (χ4v) is 2.41. The maximum Gasteiger partial charge on any atom is 0.0349 e. The minimum Gasteiger partial charge on any atom is -0.398 e. The predicted molar refractivity (Wildman–Crippen MR) is 83.4 cm³/mol. The van der Waals surface area contributed by atoms with Gasteiger partial charge in [0.1, 0.15) is 0 Å². The van der Waals surface area contributed by atoms with Crippen molar-refractivity contribution in [2.75, 3.05) is 0 Å². The second-order valence-electron chi connectivity index (χ2n) is 4.93. The molecule has 2 N–H and O–H groups in total. The molecule has 0 aromatic heterocycles. The van der Waals surface area contributed by atoms with Crippen molar-refractivity contribution in [1.82, 2.24) is 0 Å². The highest BCUT2D eigenvalue weighted by Gasteiger charge is 2.17. The lowest BCUT2D eigenvalue weighted by Gasteiger charge is -2.22. The van der Waals surface area contributed by atoms with Gasteiger partial charge in [0.05, 0.1) is 0 Å². The van der Waals surface area contributed by atoms with Crippen molar-refractivity contribution < 1.29 is 0 Å². The van der Waals surface area contributed by atoms with Crippen molar-refractivity contribution in [2.24, 2.45) is 11.7 Å². The molecule has 0 heterocycles. The van der Waals surface area contributed by atoms with Gasteiger partial charge in [-0.05, 0) is 42.0 Å². The third-order valence-electron chi connectivity index (χ3n) is 3.47. The average molecular weight is 251 g/mol. The molecule has 0 saturated carbocycles. The topological polar surface area (TPSA) is 26.0 Å². The Labute approximate surface area is 115 Å². The van der Waals surface area contributed by atoms with Gasteiger partial charge < -0.3 is 5.73 Å². The van der Waals surface area contributed by atoms with E-state index in [4.69, 9.17) is 5.73 Å². The lowest BCUT2D eigenvalue weighted by Crippen LogP contribution is -2.12. The highest BCUT2D eigenvalue weighted by atomic mass is 14.6. The molecular formula is C18H21N. The molecule has 0 spiro atoms. The van der Waals surface area contributed by atoms with Crippen LogP contribution in [0.3, 0.4) is 0 Å². The van der Waals surface area contributed by atoms with E-state index in [1.807, 2.05) is 25.2 Å². The molecule has 1 heteroatoms. The Morgan fingerprint density at radius 1 is 1.21 bits per heavy atom. The van der Waals surface area contributed by atoms with E-state index in [2.05, 4.69) is 49.4 Å². The summed E-state index contributed by atoms with van der Waals surface area (Å²) in [5, 5.41) is 0. The zero-order chi connectivity index (χ0) is 13.7. The Morgan fingerprint density at radius 3 is 2.58 bits per heavy atom. The van der Waals surface area contributed by atoms with E-state index in [1.54, 1.807) is 0 Å². The van der Waals surface area contributed by atoms with Gasteiger partial charge in [-0.2, -0.15) is 0 Å². The Balaban J connectivity index is 2.26. The molecule has 1 aliphatic rings. The Hall–Kier alpha value is -2.02. The first-order chi connectivity index (χ1) is 9.22. The summed E-state index contributed by atoms with van der Waals surface area (Å²) in [7, 11) is 0. The molecule has 1 atom stereocenters. The minimum atomic E-state index is 0.460. The molecule has 2 rings (SSSR count). The number of benzene rings is 1. The van der Waals surface area contributed by atoms with Crippen LogP contribution in [0.2, 0.25) is 0 Å². The molecule has 1 unspecified atom stereocenters. The molecule has 0 bridgehead atoms. The lowest BCUT2D eigenvalue weighted by molar-refractivity contribution is 0.702. The smallest absolute Gasteiger partial charge is 0.0349 e. The summed E-state index contributed by atoms with van der Waals surface area (Å²) in [4.78, 5) is 0. The maximum atomic E-state index is 6.12. The molecule has 0 amide bonds. The van der Waals surface area contributed by atoms with E-state index in [0.29, 0.717) is 5.92 Å². The van der Waals surface area contributed by atoms with E-state index in [9.17, 15) is 0 Å². The molecule has 19 heavy (non-hydrogen) atoms. The molecule has 0 radical (unpaired) electrons. The SMILES string of the molecule is C/C=C\C=C(/N)C1=CC=C(c2ccccc2)CC1C. The van der Waals surface area contributed by atoms with Crippen LogP contribution in [0.15, 0.2) is 72.0 Å². The molecule has 1 aromatic carbocycles. The molecule has 98 valence electrons. The van der Waals surface area contributed by atoms with Crippen LogP contribution in [0, 0.1) is 5.92 Å². The van der Waals surface area contributed by atoms with Gasteiger partial charge >= 0.3 is 0 Å². The van der Waals surface area contributed by atoms with Crippen LogP contribution in [0.1, 0.15) is 25.8 Å². The Morgan fingerprint density at radius 2 is 1.95 bits per heavy atom.